The number of nitrogens with zero attached hydrogens (tertiary/aromatic N) is 2. The summed E-state index contributed by atoms with van der Waals surface area (Å²) >= 11 is 10.8. The maximum atomic E-state index is 5.77. The predicted molar refractivity (Wildman–Crippen MR) is 76.2 cm³/mol. The number of rotatable bonds is 3. The fourth-order valence-corrected chi connectivity index (χ4v) is 2.29. The second-order valence-corrected chi connectivity index (χ2v) is 5.20. The number of benzene rings is 1. The third kappa shape index (κ3) is 3.12. The Kier molecular flexibility index (Phi) is 4.25. The van der Waals surface area contributed by atoms with E-state index in [9.17, 15) is 0 Å². The normalized spacial score (nSPS) is 10.3. The molecule has 0 bridgehead atoms. The summed E-state index contributed by atoms with van der Waals surface area (Å²) in [6.07, 6.45) is 3.65. The number of hydrogen-bond acceptors (Lipinski definition) is 4. The first-order chi connectivity index (χ1) is 8.20. The average molecular weight is 331 g/mol. The monoisotopic (exact) mass is 329 g/mol. The first-order valence-corrected chi connectivity index (χ1v) is 7.18. The molecule has 2 rings (SSSR count). The summed E-state index contributed by atoms with van der Waals surface area (Å²) in [6, 6.07) is 8.01. The Bertz CT molecular complexity index is 536. The average Bonchev–Trinajstić information content (AvgIpc) is 2.34. The van der Waals surface area contributed by atoms with Crippen LogP contribution in [-0.4, -0.2) is 16.2 Å². The summed E-state index contributed by atoms with van der Waals surface area (Å²) in [4.78, 5) is 9.16. The van der Waals surface area contributed by atoms with Crippen LogP contribution in [0.2, 0.25) is 5.28 Å². The predicted octanol–water partition coefficient (Wildman–Crippen LogP) is 4.36. The van der Waals surface area contributed by atoms with Gasteiger partial charge in [0.15, 0.2) is 0 Å². The van der Waals surface area contributed by atoms with Gasteiger partial charge in [-0.2, -0.15) is 4.98 Å². The van der Waals surface area contributed by atoms with E-state index in [2.05, 4.69) is 31.2 Å². The van der Waals surface area contributed by atoms with Crippen LogP contribution in [0.15, 0.2) is 39.8 Å². The number of anilines is 2. The molecule has 6 heteroatoms. The Labute approximate surface area is 117 Å². The van der Waals surface area contributed by atoms with Gasteiger partial charge in [0.1, 0.15) is 5.82 Å². The maximum Gasteiger partial charge on any atom is 0.224 e. The Morgan fingerprint density at radius 2 is 2.12 bits per heavy atom. The third-order valence-corrected chi connectivity index (χ3v) is 3.63. The van der Waals surface area contributed by atoms with Gasteiger partial charge < -0.3 is 5.32 Å². The summed E-state index contributed by atoms with van der Waals surface area (Å²) in [7, 11) is 0. The largest absolute Gasteiger partial charge is 0.338 e. The number of thioether (sulfide) groups is 1. The van der Waals surface area contributed by atoms with Gasteiger partial charge in [0.2, 0.25) is 5.28 Å². The van der Waals surface area contributed by atoms with E-state index in [-0.39, 0.29) is 5.28 Å². The molecule has 2 aromatic rings. The number of nitrogens with one attached hydrogen (secondary N) is 1. The van der Waals surface area contributed by atoms with Crippen molar-refractivity contribution < 1.29 is 0 Å². The Morgan fingerprint density at radius 3 is 2.88 bits per heavy atom. The molecule has 0 saturated heterocycles. The molecule has 0 fully saturated rings. The number of halogens is 2. The van der Waals surface area contributed by atoms with Crippen molar-refractivity contribution in [2.75, 3.05) is 11.6 Å². The van der Waals surface area contributed by atoms with Crippen LogP contribution in [0.25, 0.3) is 0 Å². The minimum absolute atomic E-state index is 0.220. The minimum Gasteiger partial charge on any atom is -0.338 e. The number of para-hydroxylation sites is 1. The van der Waals surface area contributed by atoms with Crippen molar-refractivity contribution in [3.63, 3.8) is 0 Å². The van der Waals surface area contributed by atoms with E-state index >= 15 is 0 Å². The van der Waals surface area contributed by atoms with Gasteiger partial charge in [0.05, 0.1) is 10.2 Å². The van der Waals surface area contributed by atoms with Gasteiger partial charge in [-0.25, -0.2) is 4.98 Å². The second-order valence-electron chi connectivity index (χ2n) is 3.16. The van der Waals surface area contributed by atoms with E-state index in [1.807, 2.05) is 30.5 Å². The smallest absolute Gasteiger partial charge is 0.224 e. The van der Waals surface area contributed by atoms with Crippen LogP contribution >= 0.6 is 39.3 Å². The summed E-state index contributed by atoms with van der Waals surface area (Å²) in [5.74, 6) is 0.659. The fourth-order valence-electron chi connectivity index (χ4n) is 1.31. The molecule has 0 aliphatic rings. The molecular formula is C11H9BrClN3S. The summed E-state index contributed by atoms with van der Waals surface area (Å²) < 4.78 is 0.776. The Balaban J connectivity index is 2.34. The Morgan fingerprint density at radius 1 is 1.35 bits per heavy atom. The van der Waals surface area contributed by atoms with Gasteiger partial charge in [-0.3, -0.25) is 0 Å². The van der Waals surface area contributed by atoms with Crippen molar-refractivity contribution in [2.24, 2.45) is 0 Å². The van der Waals surface area contributed by atoms with Gasteiger partial charge in [-0.05, 0) is 45.9 Å². The fraction of sp³-hybridized carbons (Fsp3) is 0.0909. The lowest BCUT2D eigenvalue weighted by Gasteiger charge is -2.10. The van der Waals surface area contributed by atoms with E-state index in [1.165, 1.54) is 0 Å². The van der Waals surface area contributed by atoms with Crippen molar-refractivity contribution in [2.45, 2.75) is 4.90 Å². The highest BCUT2D eigenvalue weighted by atomic mass is 79.9. The molecule has 0 saturated carbocycles. The SMILES string of the molecule is CSc1ccccc1Nc1nc(Cl)ncc1Br. The molecule has 1 heterocycles. The molecule has 0 radical (unpaired) electrons. The van der Waals surface area contributed by atoms with Gasteiger partial charge in [-0.15, -0.1) is 11.8 Å². The van der Waals surface area contributed by atoms with Crippen LogP contribution < -0.4 is 5.32 Å². The lowest BCUT2D eigenvalue weighted by molar-refractivity contribution is 1.15. The molecule has 88 valence electrons. The Hall–Kier alpha value is -0.780. The molecule has 1 aromatic carbocycles. The molecule has 17 heavy (non-hydrogen) atoms. The molecule has 1 N–H and O–H groups in total. The molecule has 1 aromatic heterocycles. The van der Waals surface area contributed by atoms with Crippen molar-refractivity contribution in [3.8, 4) is 0 Å². The van der Waals surface area contributed by atoms with Crippen molar-refractivity contribution in [1.82, 2.24) is 9.97 Å². The van der Waals surface area contributed by atoms with Gasteiger partial charge in [0.25, 0.3) is 0 Å². The molecule has 3 nitrogen and oxygen atoms in total. The third-order valence-electron chi connectivity index (χ3n) is 2.07. The van der Waals surface area contributed by atoms with Crippen LogP contribution in [0, 0.1) is 0 Å². The van der Waals surface area contributed by atoms with Gasteiger partial charge in [0, 0.05) is 11.1 Å². The van der Waals surface area contributed by atoms with E-state index in [1.54, 1.807) is 18.0 Å². The maximum absolute atomic E-state index is 5.77. The summed E-state index contributed by atoms with van der Waals surface area (Å²) in [5, 5.41) is 3.45. The van der Waals surface area contributed by atoms with Crippen LogP contribution in [0.3, 0.4) is 0 Å². The zero-order valence-corrected chi connectivity index (χ0v) is 12.1. The molecule has 0 aliphatic heterocycles. The lowest BCUT2D eigenvalue weighted by atomic mass is 10.3. The highest BCUT2D eigenvalue weighted by Gasteiger charge is 2.06. The van der Waals surface area contributed by atoms with Crippen LogP contribution in [-0.2, 0) is 0 Å². The van der Waals surface area contributed by atoms with E-state index < -0.39 is 0 Å². The highest BCUT2D eigenvalue weighted by molar-refractivity contribution is 9.10. The molecule has 0 unspecified atom stereocenters. The van der Waals surface area contributed by atoms with E-state index in [0.717, 1.165) is 15.1 Å². The zero-order valence-electron chi connectivity index (χ0n) is 8.95. The molecule has 0 amide bonds. The molecular weight excluding hydrogens is 322 g/mol. The summed E-state index contributed by atoms with van der Waals surface area (Å²) in [5.41, 5.74) is 0.996. The molecule has 0 aliphatic carbocycles. The zero-order chi connectivity index (χ0) is 12.3. The summed E-state index contributed by atoms with van der Waals surface area (Å²) in [6.45, 7) is 0. The topological polar surface area (TPSA) is 37.8 Å². The molecule has 0 atom stereocenters. The first kappa shape index (κ1) is 12.7. The first-order valence-electron chi connectivity index (χ1n) is 4.79. The van der Waals surface area contributed by atoms with Crippen molar-refractivity contribution in [3.05, 3.63) is 40.2 Å². The standard InChI is InChI=1S/C11H9BrClN3S/c1-17-9-5-3-2-4-8(9)15-10-7(12)6-14-11(13)16-10/h2-6H,1H3,(H,14,15,16). The quantitative estimate of drug-likeness (QED) is 0.670. The van der Waals surface area contributed by atoms with Gasteiger partial charge >= 0.3 is 0 Å². The van der Waals surface area contributed by atoms with Crippen molar-refractivity contribution >= 4 is 50.8 Å². The number of hydrogen-bond donors (Lipinski definition) is 1. The molecule has 0 spiro atoms. The lowest BCUT2D eigenvalue weighted by Crippen LogP contribution is -1.97. The highest BCUT2D eigenvalue weighted by Crippen LogP contribution is 2.30. The van der Waals surface area contributed by atoms with Crippen LogP contribution in [0.4, 0.5) is 11.5 Å². The van der Waals surface area contributed by atoms with Crippen molar-refractivity contribution in [1.29, 1.82) is 0 Å². The van der Waals surface area contributed by atoms with Crippen LogP contribution in [0.5, 0.6) is 0 Å². The second kappa shape index (κ2) is 5.71. The van der Waals surface area contributed by atoms with Gasteiger partial charge in [-0.1, -0.05) is 12.1 Å². The van der Waals surface area contributed by atoms with E-state index in [0.29, 0.717) is 5.82 Å². The number of aromatic nitrogens is 2. The van der Waals surface area contributed by atoms with Crippen LogP contribution in [0.1, 0.15) is 0 Å². The van der Waals surface area contributed by atoms with E-state index in [4.69, 9.17) is 11.6 Å². The minimum atomic E-state index is 0.220.